The summed E-state index contributed by atoms with van der Waals surface area (Å²) in [7, 11) is 0. The van der Waals surface area contributed by atoms with Crippen LogP contribution in [0.3, 0.4) is 0 Å². The number of ether oxygens (including phenoxy) is 1. The largest absolute Gasteiger partial charge is 0.444 e. The van der Waals surface area contributed by atoms with Gasteiger partial charge in [0.05, 0.1) is 12.2 Å². The summed E-state index contributed by atoms with van der Waals surface area (Å²) in [5.41, 5.74) is 5.26. The van der Waals surface area contributed by atoms with E-state index in [4.69, 9.17) is 10.5 Å². The van der Waals surface area contributed by atoms with Crippen molar-refractivity contribution >= 4 is 12.0 Å². The molecule has 0 unspecified atom stereocenters. The van der Waals surface area contributed by atoms with Crippen LogP contribution in [0.25, 0.3) is 0 Å². The van der Waals surface area contributed by atoms with Crippen molar-refractivity contribution in [3.8, 4) is 0 Å². The molecular formula is C14H21N3O3. The van der Waals surface area contributed by atoms with Crippen LogP contribution in [0.1, 0.15) is 32.9 Å². The summed E-state index contributed by atoms with van der Waals surface area (Å²) in [6.45, 7) is 5.86. The monoisotopic (exact) mass is 279 g/mol. The van der Waals surface area contributed by atoms with Crippen molar-refractivity contribution in [2.75, 3.05) is 6.54 Å². The minimum atomic E-state index is -0.591. The third-order valence-corrected chi connectivity index (χ3v) is 2.36. The van der Waals surface area contributed by atoms with Crippen LogP contribution in [0.4, 0.5) is 4.79 Å². The third kappa shape index (κ3) is 6.17. The molecule has 6 heteroatoms. The first-order valence-corrected chi connectivity index (χ1v) is 6.44. The van der Waals surface area contributed by atoms with Crippen LogP contribution < -0.4 is 5.73 Å². The summed E-state index contributed by atoms with van der Waals surface area (Å²) in [6, 6.07) is 5.44. The van der Waals surface area contributed by atoms with Gasteiger partial charge in [-0.25, -0.2) is 4.79 Å². The van der Waals surface area contributed by atoms with Gasteiger partial charge >= 0.3 is 6.09 Å². The first-order chi connectivity index (χ1) is 9.28. The molecule has 0 aliphatic rings. The average molecular weight is 279 g/mol. The average Bonchev–Trinajstić information content (AvgIpc) is 2.33. The molecule has 1 rings (SSSR count). The molecule has 0 aromatic carbocycles. The lowest BCUT2D eigenvalue weighted by Crippen LogP contribution is -2.38. The molecule has 110 valence electrons. The van der Waals surface area contributed by atoms with E-state index in [-0.39, 0.29) is 19.5 Å². The van der Waals surface area contributed by atoms with Crippen molar-refractivity contribution < 1.29 is 14.3 Å². The Morgan fingerprint density at radius 3 is 2.55 bits per heavy atom. The zero-order chi connectivity index (χ0) is 15.2. The number of amides is 2. The van der Waals surface area contributed by atoms with Gasteiger partial charge in [0.15, 0.2) is 0 Å². The van der Waals surface area contributed by atoms with E-state index in [1.165, 1.54) is 4.90 Å². The molecule has 0 radical (unpaired) electrons. The van der Waals surface area contributed by atoms with Crippen molar-refractivity contribution in [3.63, 3.8) is 0 Å². The maximum atomic E-state index is 12.1. The zero-order valence-corrected chi connectivity index (χ0v) is 12.1. The fraction of sp³-hybridized carbons (Fsp3) is 0.500. The van der Waals surface area contributed by atoms with Gasteiger partial charge in [-0.3, -0.25) is 9.78 Å². The Kier molecular flexibility index (Phi) is 5.49. The van der Waals surface area contributed by atoms with E-state index in [0.717, 1.165) is 5.69 Å². The number of carbonyl (C=O) groups excluding carboxylic acids is 2. The third-order valence-electron chi connectivity index (χ3n) is 2.36. The Morgan fingerprint density at radius 2 is 2.05 bits per heavy atom. The number of hydrogen-bond donors (Lipinski definition) is 1. The fourth-order valence-electron chi connectivity index (χ4n) is 1.49. The SMILES string of the molecule is CC(C)(C)OC(=O)N(CCC(N)=O)Cc1ccccn1. The van der Waals surface area contributed by atoms with Gasteiger partial charge < -0.3 is 15.4 Å². The lowest BCUT2D eigenvalue weighted by Gasteiger charge is -2.27. The summed E-state index contributed by atoms with van der Waals surface area (Å²) >= 11 is 0. The number of pyridine rings is 1. The number of primary amides is 1. The van der Waals surface area contributed by atoms with Gasteiger partial charge in [-0.05, 0) is 32.9 Å². The second-order valence-corrected chi connectivity index (χ2v) is 5.44. The van der Waals surface area contributed by atoms with Crippen LogP contribution in [0.2, 0.25) is 0 Å². The quantitative estimate of drug-likeness (QED) is 0.888. The number of hydrogen-bond acceptors (Lipinski definition) is 4. The molecular weight excluding hydrogens is 258 g/mol. The van der Waals surface area contributed by atoms with E-state index in [2.05, 4.69) is 4.98 Å². The molecule has 0 atom stereocenters. The zero-order valence-electron chi connectivity index (χ0n) is 12.1. The van der Waals surface area contributed by atoms with Crippen molar-refractivity contribution in [1.82, 2.24) is 9.88 Å². The summed E-state index contributed by atoms with van der Waals surface area (Å²) < 4.78 is 5.31. The fourth-order valence-corrected chi connectivity index (χ4v) is 1.49. The molecule has 6 nitrogen and oxygen atoms in total. The molecule has 1 aromatic heterocycles. The van der Waals surface area contributed by atoms with Gasteiger partial charge in [0, 0.05) is 19.2 Å². The summed E-state index contributed by atoms with van der Waals surface area (Å²) in [5.74, 6) is -0.459. The normalized spacial score (nSPS) is 10.9. The topological polar surface area (TPSA) is 85.5 Å². The lowest BCUT2D eigenvalue weighted by molar-refractivity contribution is -0.118. The van der Waals surface area contributed by atoms with Crippen molar-refractivity contribution in [1.29, 1.82) is 0 Å². The highest BCUT2D eigenvalue weighted by molar-refractivity contribution is 5.75. The summed E-state index contributed by atoms with van der Waals surface area (Å²) in [5, 5.41) is 0. The Bertz CT molecular complexity index is 454. The molecule has 0 spiro atoms. The van der Waals surface area contributed by atoms with E-state index in [9.17, 15) is 9.59 Å². The Balaban J connectivity index is 2.74. The molecule has 2 amide bonds. The molecule has 0 aliphatic carbocycles. The molecule has 0 aliphatic heterocycles. The smallest absolute Gasteiger partial charge is 0.410 e. The summed E-state index contributed by atoms with van der Waals surface area (Å²) in [4.78, 5) is 28.6. The van der Waals surface area contributed by atoms with E-state index < -0.39 is 17.6 Å². The first-order valence-electron chi connectivity index (χ1n) is 6.44. The molecule has 0 bridgehead atoms. The maximum Gasteiger partial charge on any atom is 0.410 e. The van der Waals surface area contributed by atoms with Gasteiger partial charge in [0.25, 0.3) is 0 Å². The summed E-state index contributed by atoms with van der Waals surface area (Å²) in [6.07, 6.45) is 1.26. The highest BCUT2D eigenvalue weighted by Crippen LogP contribution is 2.12. The predicted molar refractivity (Wildman–Crippen MR) is 74.7 cm³/mol. The van der Waals surface area contributed by atoms with Crippen LogP contribution in [0, 0.1) is 0 Å². The number of nitrogens with two attached hydrogens (primary N) is 1. The minimum Gasteiger partial charge on any atom is -0.444 e. The lowest BCUT2D eigenvalue weighted by atomic mass is 10.2. The van der Waals surface area contributed by atoms with Gasteiger partial charge in [-0.1, -0.05) is 6.07 Å². The van der Waals surface area contributed by atoms with Crippen LogP contribution >= 0.6 is 0 Å². The van der Waals surface area contributed by atoms with Gasteiger partial charge in [-0.2, -0.15) is 0 Å². The maximum absolute atomic E-state index is 12.1. The molecule has 0 saturated carbocycles. The Morgan fingerprint density at radius 1 is 1.35 bits per heavy atom. The molecule has 1 heterocycles. The Labute approximate surface area is 118 Å². The Hall–Kier alpha value is -2.11. The number of aromatic nitrogens is 1. The van der Waals surface area contributed by atoms with E-state index in [1.54, 1.807) is 33.0 Å². The number of rotatable bonds is 5. The number of nitrogens with zero attached hydrogens (tertiary/aromatic N) is 2. The highest BCUT2D eigenvalue weighted by Gasteiger charge is 2.22. The van der Waals surface area contributed by atoms with Crippen LogP contribution in [-0.4, -0.2) is 34.0 Å². The van der Waals surface area contributed by atoms with E-state index in [0.29, 0.717) is 0 Å². The van der Waals surface area contributed by atoms with Crippen molar-refractivity contribution in [2.45, 2.75) is 39.3 Å². The van der Waals surface area contributed by atoms with Gasteiger partial charge in [0.1, 0.15) is 5.60 Å². The predicted octanol–water partition coefficient (Wildman–Crippen LogP) is 1.69. The van der Waals surface area contributed by atoms with Crippen molar-refractivity contribution in [2.24, 2.45) is 5.73 Å². The molecule has 0 saturated heterocycles. The standard InChI is InChI=1S/C14H21N3O3/c1-14(2,3)20-13(19)17(9-7-12(15)18)10-11-6-4-5-8-16-11/h4-6,8H,7,9-10H2,1-3H3,(H2,15,18). The van der Waals surface area contributed by atoms with E-state index in [1.807, 2.05) is 12.1 Å². The van der Waals surface area contributed by atoms with Crippen LogP contribution in [-0.2, 0) is 16.1 Å². The van der Waals surface area contributed by atoms with Gasteiger partial charge in [-0.15, -0.1) is 0 Å². The second-order valence-electron chi connectivity index (χ2n) is 5.44. The molecule has 2 N–H and O–H groups in total. The van der Waals surface area contributed by atoms with E-state index >= 15 is 0 Å². The minimum absolute atomic E-state index is 0.0894. The number of carbonyl (C=O) groups is 2. The van der Waals surface area contributed by atoms with Crippen LogP contribution in [0.15, 0.2) is 24.4 Å². The van der Waals surface area contributed by atoms with Crippen LogP contribution in [0.5, 0.6) is 0 Å². The van der Waals surface area contributed by atoms with Crippen molar-refractivity contribution in [3.05, 3.63) is 30.1 Å². The first kappa shape index (κ1) is 15.9. The van der Waals surface area contributed by atoms with Gasteiger partial charge in [0.2, 0.25) is 5.91 Å². The highest BCUT2D eigenvalue weighted by atomic mass is 16.6. The molecule has 20 heavy (non-hydrogen) atoms. The second kappa shape index (κ2) is 6.88. The molecule has 0 fully saturated rings. The molecule has 1 aromatic rings.